The van der Waals surface area contributed by atoms with E-state index in [-0.39, 0.29) is 36.2 Å². The minimum atomic E-state index is -0.870. The fourth-order valence-electron chi connectivity index (χ4n) is 7.68. The highest BCUT2D eigenvalue weighted by Crippen LogP contribution is 2.17. The number of hydrogen-bond donors (Lipinski definition) is 1. The molecule has 0 aliphatic carbocycles. The second kappa shape index (κ2) is 41.1. The Bertz CT molecular complexity index is 905. The van der Waals surface area contributed by atoms with E-state index in [1.54, 1.807) is 0 Å². The van der Waals surface area contributed by atoms with Crippen molar-refractivity contribution in [2.24, 2.45) is 0 Å². The first-order valence-corrected chi connectivity index (χ1v) is 24.6. The number of carbonyl (C=O) groups is 3. The maximum Gasteiger partial charge on any atom is 0.362 e. The second-order valence-electron chi connectivity index (χ2n) is 18.1. The number of ether oxygens (including phenoxy) is 3. The number of unbranched alkanes of at least 4 members (excludes halogenated alkanes) is 31. The minimum absolute atomic E-state index is 0.0418. The lowest BCUT2D eigenvalue weighted by Crippen LogP contribution is -2.50. The van der Waals surface area contributed by atoms with Gasteiger partial charge >= 0.3 is 17.9 Å². The minimum Gasteiger partial charge on any atom is -0.477 e. The van der Waals surface area contributed by atoms with Gasteiger partial charge in [0, 0.05) is 19.3 Å². The normalized spacial score (nSPS) is 12.8. The van der Waals surface area contributed by atoms with E-state index in [1.165, 1.54) is 173 Å². The van der Waals surface area contributed by atoms with Crippen molar-refractivity contribution in [1.29, 1.82) is 0 Å². The third-order valence-corrected chi connectivity index (χ3v) is 11.5. The molecule has 0 radical (unpaired) electrons. The summed E-state index contributed by atoms with van der Waals surface area (Å²) >= 11 is 0. The van der Waals surface area contributed by atoms with Crippen molar-refractivity contribution in [3.63, 3.8) is 0 Å². The zero-order chi connectivity index (χ0) is 42.1. The number of esters is 2. The molecule has 0 aromatic carbocycles. The van der Waals surface area contributed by atoms with Gasteiger partial charge in [-0.1, -0.05) is 213 Å². The number of nitrogens with zero attached hydrogens (tertiary/aromatic N) is 1. The van der Waals surface area contributed by atoms with Crippen LogP contribution in [-0.2, 0) is 28.6 Å². The summed E-state index contributed by atoms with van der Waals surface area (Å²) in [5.74, 6) is -1.44. The zero-order valence-corrected chi connectivity index (χ0v) is 38.6. The molecule has 1 N–H and O–H groups in total. The van der Waals surface area contributed by atoms with Gasteiger partial charge in [-0.25, -0.2) is 4.79 Å². The van der Waals surface area contributed by atoms with Crippen LogP contribution >= 0.6 is 0 Å². The smallest absolute Gasteiger partial charge is 0.362 e. The number of rotatable bonds is 45. The van der Waals surface area contributed by atoms with E-state index in [9.17, 15) is 19.5 Å². The first-order chi connectivity index (χ1) is 27.6. The molecule has 0 amide bonds. The monoisotopic (exact) mass is 811 g/mol. The van der Waals surface area contributed by atoms with Crippen molar-refractivity contribution in [2.75, 3.05) is 41.0 Å². The molecule has 338 valence electrons. The third kappa shape index (κ3) is 39.6. The Kier molecular flexibility index (Phi) is 39.9. The lowest BCUT2D eigenvalue weighted by molar-refractivity contribution is -0.887. The lowest BCUT2D eigenvalue weighted by atomic mass is 10.0. The van der Waals surface area contributed by atoms with Gasteiger partial charge in [0.1, 0.15) is 6.61 Å². The Morgan fingerprint density at radius 3 is 1.09 bits per heavy atom. The van der Waals surface area contributed by atoms with Crippen molar-refractivity contribution < 1.29 is 38.2 Å². The molecule has 0 fully saturated rings. The standard InChI is InChI=1S/C49H95NO7/c1-6-8-10-12-14-16-18-20-21-22-23-24-25-26-27-28-30-32-34-36-38-40-48(52)57-45(43-55-42-41-46(49(53)54)50(3,4)5)44-56-47(51)39-37-35-33-31-29-19-17-15-13-11-9-7-2/h45-46H,6-44H2,1-5H3/p+1. The van der Waals surface area contributed by atoms with Crippen LogP contribution in [0.2, 0.25) is 0 Å². The summed E-state index contributed by atoms with van der Waals surface area (Å²) in [6, 6.07) is -0.608. The first kappa shape index (κ1) is 55.3. The molecular weight excluding hydrogens is 715 g/mol. The molecule has 0 rings (SSSR count). The summed E-state index contributed by atoms with van der Waals surface area (Å²) in [4.78, 5) is 37.0. The van der Waals surface area contributed by atoms with E-state index in [1.807, 2.05) is 21.1 Å². The van der Waals surface area contributed by atoms with Crippen molar-refractivity contribution in [1.82, 2.24) is 0 Å². The molecule has 0 saturated heterocycles. The zero-order valence-electron chi connectivity index (χ0n) is 38.6. The van der Waals surface area contributed by atoms with Crippen molar-refractivity contribution in [2.45, 2.75) is 257 Å². The van der Waals surface area contributed by atoms with Gasteiger partial charge in [-0.05, 0) is 12.8 Å². The van der Waals surface area contributed by atoms with Gasteiger partial charge < -0.3 is 23.8 Å². The molecule has 0 aromatic heterocycles. The Morgan fingerprint density at radius 1 is 0.456 bits per heavy atom. The molecule has 0 bridgehead atoms. The summed E-state index contributed by atoms with van der Waals surface area (Å²) in [7, 11) is 5.54. The van der Waals surface area contributed by atoms with Crippen molar-refractivity contribution in [3.8, 4) is 0 Å². The molecule has 0 aliphatic rings. The van der Waals surface area contributed by atoms with Gasteiger partial charge in [-0.2, -0.15) is 0 Å². The van der Waals surface area contributed by atoms with E-state index in [2.05, 4.69) is 13.8 Å². The van der Waals surface area contributed by atoms with E-state index in [0.29, 0.717) is 19.3 Å². The predicted molar refractivity (Wildman–Crippen MR) is 239 cm³/mol. The molecule has 2 atom stereocenters. The van der Waals surface area contributed by atoms with Crippen molar-refractivity contribution >= 4 is 17.9 Å². The average Bonchev–Trinajstić information content (AvgIpc) is 3.17. The Hall–Kier alpha value is -1.67. The van der Waals surface area contributed by atoms with Crippen LogP contribution in [0.25, 0.3) is 0 Å². The molecule has 2 unspecified atom stereocenters. The lowest BCUT2D eigenvalue weighted by Gasteiger charge is -2.31. The maximum atomic E-state index is 12.8. The highest BCUT2D eigenvalue weighted by Gasteiger charge is 2.31. The van der Waals surface area contributed by atoms with Gasteiger partial charge in [-0.15, -0.1) is 0 Å². The fourth-order valence-corrected chi connectivity index (χ4v) is 7.68. The summed E-state index contributed by atoms with van der Waals surface area (Å²) < 4.78 is 17.3. The highest BCUT2D eigenvalue weighted by molar-refractivity contribution is 5.72. The number of quaternary nitrogens is 1. The summed E-state index contributed by atoms with van der Waals surface area (Å²) in [5.41, 5.74) is 0. The Labute approximate surface area is 353 Å². The van der Waals surface area contributed by atoms with Crippen LogP contribution in [0.5, 0.6) is 0 Å². The van der Waals surface area contributed by atoms with E-state index >= 15 is 0 Å². The summed E-state index contributed by atoms with van der Waals surface area (Å²) in [5, 5.41) is 9.63. The first-order valence-electron chi connectivity index (χ1n) is 24.6. The van der Waals surface area contributed by atoms with Gasteiger partial charge in [0.05, 0.1) is 34.4 Å². The Balaban J connectivity index is 4.17. The molecule has 0 spiro atoms. The predicted octanol–water partition coefficient (Wildman–Crippen LogP) is 13.7. The Morgan fingerprint density at radius 2 is 0.772 bits per heavy atom. The van der Waals surface area contributed by atoms with E-state index < -0.39 is 18.1 Å². The number of likely N-dealkylation sites (N-methyl/N-ethyl adjacent to an activating group) is 1. The topological polar surface area (TPSA) is 99.1 Å². The molecule has 57 heavy (non-hydrogen) atoms. The van der Waals surface area contributed by atoms with Gasteiger partial charge in [-0.3, -0.25) is 9.59 Å². The third-order valence-electron chi connectivity index (χ3n) is 11.5. The molecular formula is C49H96NO7+. The molecule has 0 aromatic rings. The van der Waals surface area contributed by atoms with Crippen LogP contribution in [0.4, 0.5) is 0 Å². The number of carbonyl (C=O) groups excluding carboxylic acids is 2. The number of hydrogen-bond acceptors (Lipinski definition) is 6. The molecule has 0 heterocycles. The van der Waals surface area contributed by atoms with Crippen LogP contribution in [-0.4, -0.2) is 80.6 Å². The molecule has 8 nitrogen and oxygen atoms in total. The van der Waals surface area contributed by atoms with E-state index in [0.717, 1.165) is 38.5 Å². The van der Waals surface area contributed by atoms with Crippen LogP contribution in [0.15, 0.2) is 0 Å². The largest absolute Gasteiger partial charge is 0.477 e. The second-order valence-corrected chi connectivity index (χ2v) is 18.1. The van der Waals surface area contributed by atoms with Crippen LogP contribution in [0.3, 0.4) is 0 Å². The fraction of sp³-hybridized carbons (Fsp3) is 0.939. The van der Waals surface area contributed by atoms with Crippen molar-refractivity contribution in [3.05, 3.63) is 0 Å². The van der Waals surface area contributed by atoms with Crippen LogP contribution in [0, 0.1) is 0 Å². The summed E-state index contributed by atoms with van der Waals surface area (Å²) in [6.45, 7) is 4.78. The van der Waals surface area contributed by atoms with Gasteiger partial charge in [0.15, 0.2) is 12.1 Å². The summed E-state index contributed by atoms with van der Waals surface area (Å²) in [6.07, 6.45) is 42.9. The van der Waals surface area contributed by atoms with Crippen LogP contribution in [0.1, 0.15) is 245 Å². The number of aliphatic carboxylic acids is 1. The van der Waals surface area contributed by atoms with Gasteiger partial charge in [0.25, 0.3) is 0 Å². The number of carboxylic acids is 1. The molecule has 8 heteroatoms. The van der Waals surface area contributed by atoms with E-state index in [4.69, 9.17) is 14.2 Å². The quantitative estimate of drug-likeness (QED) is 0.0371. The maximum absolute atomic E-state index is 12.8. The average molecular weight is 811 g/mol. The molecule has 0 aliphatic heterocycles. The van der Waals surface area contributed by atoms with Crippen LogP contribution < -0.4 is 0 Å². The molecule has 0 saturated carbocycles. The van der Waals surface area contributed by atoms with Gasteiger partial charge in [0.2, 0.25) is 0 Å². The number of carboxylic acid groups (broad SMARTS) is 1. The SMILES string of the molecule is CCCCCCCCCCCCCCCCCCCCCCCC(=O)OC(COCCC(C(=O)O)[N+](C)(C)C)COC(=O)CCCCCCCCCCCCCC. The highest BCUT2D eigenvalue weighted by atomic mass is 16.6.